The predicted molar refractivity (Wildman–Crippen MR) is 57.4 cm³/mol. The van der Waals surface area contributed by atoms with Crippen LogP contribution in [0.5, 0.6) is 0 Å². The Morgan fingerprint density at radius 2 is 2.21 bits per heavy atom. The molecule has 0 aromatic carbocycles. The number of methoxy groups -OCH3 is 1. The first kappa shape index (κ1) is 10.4. The maximum absolute atomic E-state index is 5.32. The van der Waals surface area contributed by atoms with E-state index in [1.807, 2.05) is 7.11 Å². The number of hydrogen-bond donors (Lipinski definition) is 1. The minimum Gasteiger partial charge on any atom is -0.383 e. The molecule has 2 fully saturated rings. The van der Waals surface area contributed by atoms with E-state index in [0.717, 1.165) is 12.5 Å². The lowest BCUT2D eigenvalue weighted by Gasteiger charge is -2.27. The van der Waals surface area contributed by atoms with E-state index in [9.17, 15) is 0 Å². The van der Waals surface area contributed by atoms with E-state index in [1.165, 1.54) is 32.4 Å². The lowest BCUT2D eigenvalue weighted by atomic mass is 10.2. The Labute approximate surface area is 86.8 Å². The van der Waals surface area contributed by atoms with Gasteiger partial charge in [0.15, 0.2) is 0 Å². The monoisotopic (exact) mass is 198 g/mol. The molecule has 3 heteroatoms. The topological polar surface area (TPSA) is 24.5 Å². The SMILES string of the molecule is CNC1CCN(C(COC)C2CC2)C1. The van der Waals surface area contributed by atoms with Gasteiger partial charge in [0.25, 0.3) is 0 Å². The molecule has 2 rings (SSSR count). The molecule has 1 heterocycles. The van der Waals surface area contributed by atoms with Gasteiger partial charge in [-0.2, -0.15) is 0 Å². The van der Waals surface area contributed by atoms with Gasteiger partial charge >= 0.3 is 0 Å². The summed E-state index contributed by atoms with van der Waals surface area (Å²) in [5, 5.41) is 3.37. The van der Waals surface area contributed by atoms with Crippen molar-refractivity contribution in [1.29, 1.82) is 0 Å². The third-order valence-corrected chi connectivity index (χ3v) is 3.60. The molecular weight excluding hydrogens is 176 g/mol. The van der Waals surface area contributed by atoms with Crippen LogP contribution in [0.25, 0.3) is 0 Å². The molecule has 1 saturated heterocycles. The van der Waals surface area contributed by atoms with Gasteiger partial charge in [-0.15, -0.1) is 0 Å². The largest absolute Gasteiger partial charge is 0.383 e. The van der Waals surface area contributed by atoms with Gasteiger partial charge in [0.2, 0.25) is 0 Å². The Hall–Kier alpha value is -0.120. The molecule has 1 aliphatic heterocycles. The molecule has 0 amide bonds. The average Bonchev–Trinajstić information content (AvgIpc) is 2.92. The van der Waals surface area contributed by atoms with Gasteiger partial charge in [-0.3, -0.25) is 4.90 Å². The molecule has 0 radical (unpaired) electrons. The number of nitrogens with one attached hydrogen (secondary N) is 1. The Morgan fingerprint density at radius 3 is 2.71 bits per heavy atom. The molecule has 0 aromatic heterocycles. The van der Waals surface area contributed by atoms with Crippen LogP contribution in [0, 0.1) is 5.92 Å². The van der Waals surface area contributed by atoms with Crippen molar-refractivity contribution in [3.63, 3.8) is 0 Å². The smallest absolute Gasteiger partial charge is 0.0620 e. The minimum atomic E-state index is 0.693. The van der Waals surface area contributed by atoms with Crippen LogP contribution < -0.4 is 5.32 Å². The zero-order valence-electron chi connectivity index (χ0n) is 9.33. The molecule has 2 aliphatic rings. The third-order valence-electron chi connectivity index (χ3n) is 3.60. The van der Waals surface area contributed by atoms with Gasteiger partial charge in [-0.1, -0.05) is 0 Å². The molecule has 3 nitrogen and oxygen atoms in total. The van der Waals surface area contributed by atoms with Crippen LogP contribution in [-0.4, -0.2) is 50.8 Å². The average molecular weight is 198 g/mol. The summed E-state index contributed by atoms with van der Waals surface area (Å²) < 4.78 is 5.32. The van der Waals surface area contributed by atoms with E-state index >= 15 is 0 Å². The van der Waals surface area contributed by atoms with Gasteiger partial charge in [0.05, 0.1) is 6.61 Å². The minimum absolute atomic E-state index is 0.693. The number of likely N-dealkylation sites (tertiary alicyclic amines) is 1. The highest BCUT2D eigenvalue weighted by Gasteiger charge is 2.37. The molecule has 14 heavy (non-hydrogen) atoms. The van der Waals surface area contributed by atoms with Crippen molar-refractivity contribution < 1.29 is 4.74 Å². The molecule has 2 atom stereocenters. The second-order valence-corrected chi connectivity index (χ2v) is 4.63. The van der Waals surface area contributed by atoms with Crippen LogP contribution in [0.2, 0.25) is 0 Å². The number of rotatable bonds is 5. The first-order valence-corrected chi connectivity index (χ1v) is 5.75. The zero-order valence-corrected chi connectivity index (χ0v) is 9.33. The summed E-state index contributed by atoms with van der Waals surface area (Å²) in [7, 11) is 3.89. The van der Waals surface area contributed by atoms with E-state index in [0.29, 0.717) is 12.1 Å². The normalized spacial score (nSPS) is 30.9. The van der Waals surface area contributed by atoms with Crippen molar-refractivity contribution in [1.82, 2.24) is 10.2 Å². The highest BCUT2D eigenvalue weighted by molar-refractivity contribution is 4.92. The second kappa shape index (κ2) is 4.60. The van der Waals surface area contributed by atoms with Crippen molar-refractivity contribution in [3.8, 4) is 0 Å². The van der Waals surface area contributed by atoms with Gasteiger partial charge in [0, 0.05) is 32.3 Å². The maximum Gasteiger partial charge on any atom is 0.0620 e. The second-order valence-electron chi connectivity index (χ2n) is 4.63. The van der Waals surface area contributed by atoms with Crippen LogP contribution in [0.3, 0.4) is 0 Å². The summed E-state index contributed by atoms with van der Waals surface area (Å²) in [5.74, 6) is 0.922. The van der Waals surface area contributed by atoms with Crippen LogP contribution >= 0.6 is 0 Å². The van der Waals surface area contributed by atoms with Gasteiger partial charge < -0.3 is 10.1 Å². The molecule has 0 aromatic rings. The summed E-state index contributed by atoms with van der Waals surface area (Å²) in [4.78, 5) is 2.61. The molecule has 82 valence electrons. The number of hydrogen-bond acceptors (Lipinski definition) is 3. The number of likely N-dealkylation sites (N-methyl/N-ethyl adjacent to an activating group) is 1. The molecule has 1 aliphatic carbocycles. The van der Waals surface area contributed by atoms with Crippen molar-refractivity contribution in [2.24, 2.45) is 5.92 Å². The molecular formula is C11H22N2O. The van der Waals surface area contributed by atoms with Crippen molar-refractivity contribution in [2.45, 2.75) is 31.3 Å². The standard InChI is InChI=1S/C11H22N2O/c1-12-10-5-6-13(7-10)11(8-14-2)9-3-4-9/h9-12H,3-8H2,1-2H3. The molecule has 0 spiro atoms. The first-order valence-electron chi connectivity index (χ1n) is 5.75. The van der Waals surface area contributed by atoms with E-state index in [1.54, 1.807) is 0 Å². The highest BCUT2D eigenvalue weighted by atomic mass is 16.5. The van der Waals surface area contributed by atoms with E-state index in [2.05, 4.69) is 17.3 Å². The Balaban J connectivity index is 1.85. The van der Waals surface area contributed by atoms with Crippen LogP contribution in [0.4, 0.5) is 0 Å². The highest BCUT2D eigenvalue weighted by Crippen LogP contribution is 2.36. The summed E-state index contributed by atoms with van der Waals surface area (Å²) in [6.45, 7) is 3.37. The van der Waals surface area contributed by atoms with Crippen molar-refractivity contribution >= 4 is 0 Å². The van der Waals surface area contributed by atoms with Crippen LogP contribution in [0.1, 0.15) is 19.3 Å². The van der Waals surface area contributed by atoms with Gasteiger partial charge in [0.1, 0.15) is 0 Å². The van der Waals surface area contributed by atoms with Gasteiger partial charge in [-0.05, 0) is 32.2 Å². The summed E-state index contributed by atoms with van der Waals surface area (Å²) >= 11 is 0. The molecule has 0 bridgehead atoms. The first-order chi connectivity index (χ1) is 6.85. The Kier molecular flexibility index (Phi) is 3.42. The molecule has 1 saturated carbocycles. The molecule has 1 N–H and O–H groups in total. The van der Waals surface area contributed by atoms with E-state index in [-0.39, 0.29) is 0 Å². The van der Waals surface area contributed by atoms with Gasteiger partial charge in [-0.25, -0.2) is 0 Å². The van der Waals surface area contributed by atoms with Crippen molar-refractivity contribution in [3.05, 3.63) is 0 Å². The predicted octanol–water partition coefficient (Wildman–Crippen LogP) is 0.705. The maximum atomic E-state index is 5.32. The fraction of sp³-hybridized carbons (Fsp3) is 1.00. The van der Waals surface area contributed by atoms with E-state index in [4.69, 9.17) is 4.74 Å². The summed E-state index contributed by atoms with van der Waals surface area (Å²) in [6, 6.07) is 1.39. The Morgan fingerprint density at radius 1 is 1.43 bits per heavy atom. The fourth-order valence-corrected chi connectivity index (χ4v) is 2.52. The lowest BCUT2D eigenvalue weighted by molar-refractivity contribution is 0.0916. The van der Waals surface area contributed by atoms with E-state index < -0.39 is 0 Å². The van der Waals surface area contributed by atoms with Crippen LogP contribution in [0.15, 0.2) is 0 Å². The summed E-state index contributed by atoms with van der Waals surface area (Å²) in [6.07, 6.45) is 4.12. The number of nitrogens with zero attached hydrogens (tertiary/aromatic N) is 1. The summed E-state index contributed by atoms with van der Waals surface area (Å²) in [5.41, 5.74) is 0. The quantitative estimate of drug-likeness (QED) is 0.704. The Bertz CT molecular complexity index is 182. The molecule has 2 unspecified atom stereocenters. The number of ether oxygens (including phenoxy) is 1. The fourth-order valence-electron chi connectivity index (χ4n) is 2.52. The van der Waals surface area contributed by atoms with Crippen molar-refractivity contribution in [2.75, 3.05) is 33.9 Å². The lowest BCUT2D eigenvalue weighted by Crippen LogP contribution is -2.40. The van der Waals surface area contributed by atoms with Crippen LogP contribution in [-0.2, 0) is 4.74 Å². The third kappa shape index (κ3) is 2.27. The zero-order chi connectivity index (χ0) is 9.97.